The first-order valence-corrected chi connectivity index (χ1v) is 10.1. The highest BCUT2D eigenvalue weighted by Crippen LogP contribution is 2.27. The molecule has 0 aliphatic carbocycles. The van der Waals surface area contributed by atoms with E-state index in [9.17, 15) is 13.2 Å². The minimum Gasteiger partial charge on any atom is -0.346 e. The quantitative estimate of drug-likeness (QED) is 0.757. The molecular weight excluding hydrogens is 419 g/mol. The van der Waals surface area contributed by atoms with Gasteiger partial charge in [0.15, 0.2) is 0 Å². The van der Waals surface area contributed by atoms with Gasteiger partial charge in [0.05, 0.1) is 21.1 Å². The molecule has 1 N–H and O–H groups in total. The molecule has 1 unspecified atom stereocenters. The molecule has 2 aromatic rings. The molecule has 0 aliphatic rings. The maximum absolute atomic E-state index is 12.5. The molecule has 0 heterocycles. The summed E-state index contributed by atoms with van der Waals surface area (Å²) in [6.45, 7) is 1.78. The monoisotopic (exact) mass is 434 g/mol. The lowest BCUT2D eigenvalue weighted by Gasteiger charge is -2.17. The van der Waals surface area contributed by atoms with Crippen LogP contribution in [0.3, 0.4) is 0 Å². The van der Waals surface area contributed by atoms with E-state index < -0.39 is 15.9 Å². The van der Waals surface area contributed by atoms with Gasteiger partial charge in [0.2, 0.25) is 10.0 Å². The van der Waals surface area contributed by atoms with Gasteiger partial charge in [0.1, 0.15) is 4.90 Å². The van der Waals surface area contributed by atoms with Gasteiger partial charge in [-0.15, -0.1) is 0 Å². The molecular formula is C17H17Cl3N2O3S. The lowest BCUT2D eigenvalue weighted by atomic mass is 10.1. The van der Waals surface area contributed by atoms with Crippen molar-refractivity contribution < 1.29 is 13.2 Å². The van der Waals surface area contributed by atoms with E-state index in [0.29, 0.717) is 10.0 Å². The number of carbonyl (C=O) groups excluding carboxylic acids is 1. The molecule has 5 nitrogen and oxygen atoms in total. The normalized spacial score (nSPS) is 12.9. The Morgan fingerprint density at radius 3 is 2.19 bits per heavy atom. The van der Waals surface area contributed by atoms with E-state index in [-0.39, 0.29) is 21.5 Å². The SMILES string of the molecule is CC(NC(=O)c1ccc(Cl)c(S(=O)(=O)N(C)C)c1)c1ccc(Cl)c(Cl)c1. The number of rotatable bonds is 5. The van der Waals surface area contributed by atoms with E-state index >= 15 is 0 Å². The van der Waals surface area contributed by atoms with Crippen LogP contribution in [0.1, 0.15) is 28.9 Å². The van der Waals surface area contributed by atoms with E-state index in [1.54, 1.807) is 25.1 Å². The fourth-order valence-electron chi connectivity index (χ4n) is 2.18. The standard InChI is InChI=1S/C17H17Cl3N2O3S/c1-10(11-4-6-13(18)15(20)8-11)21-17(23)12-5-7-14(19)16(9-12)26(24,25)22(2)3/h4-10H,1-3H3,(H,21,23). The fraction of sp³-hybridized carbons (Fsp3) is 0.235. The van der Waals surface area contributed by atoms with Crippen LogP contribution in [0, 0.1) is 0 Å². The predicted molar refractivity (Wildman–Crippen MR) is 105 cm³/mol. The summed E-state index contributed by atoms with van der Waals surface area (Å²) in [7, 11) is -0.978. The zero-order valence-corrected chi connectivity index (χ0v) is 17.3. The first-order valence-electron chi connectivity index (χ1n) is 7.52. The third-order valence-electron chi connectivity index (χ3n) is 3.74. The number of sulfonamides is 1. The smallest absolute Gasteiger partial charge is 0.251 e. The molecule has 1 atom stereocenters. The van der Waals surface area contributed by atoms with Crippen molar-refractivity contribution in [3.8, 4) is 0 Å². The third-order valence-corrected chi connectivity index (χ3v) is 6.78. The third kappa shape index (κ3) is 4.50. The van der Waals surface area contributed by atoms with Crippen LogP contribution in [0.4, 0.5) is 0 Å². The summed E-state index contributed by atoms with van der Waals surface area (Å²) in [6, 6.07) is 8.81. The average molecular weight is 436 g/mol. The van der Waals surface area contributed by atoms with Gasteiger partial charge < -0.3 is 5.32 Å². The molecule has 0 aliphatic heterocycles. The molecule has 26 heavy (non-hydrogen) atoms. The maximum Gasteiger partial charge on any atom is 0.251 e. The van der Waals surface area contributed by atoms with Gasteiger partial charge in [-0.1, -0.05) is 40.9 Å². The van der Waals surface area contributed by atoms with Crippen LogP contribution in [-0.4, -0.2) is 32.7 Å². The number of nitrogens with zero attached hydrogens (tertiary/aromatic N) is 1. The van der Waals surface area contributed by atoms with E-state index in [2.05, 4.69) is 5.32 Å². The second kappa shape index (κ2) is 8.15. The first kappa shape index (κ1) is 21.0. The van der Waals surface area contributed by atoms with Crippen molar-refractivity contribution in [3.63, 3.8) is 0 Å². The van der Waals surface area contributed by atoms with Gasteiger partial charge in [-0.25, -0.2) is 12.7 Å². The molecule has 0 fully saturated rings. The van der Waals surface area contributed by atoms with Crippen molar-refractivity contribution >= 4 is 50.7 Å². The molecule has 140 valence electrons. The maximum atomic E-state index is 12.5. The highest BCUT2D eigenvalue weighted by atomic mass is 35.5. The summed E-state index contributed by atoms with van der Waals surface area (Å²) < 4.78 is 25.7. The van der Waals surface area contributed by atoms with Crippen molar-refractivity contribution in [2.75, 3.05) is 14.1 Å². The van der Waals surface area contributed by atoms with Crippen molar-refractivity contribution in [1.29, 1.82) is 0 Å². The number of nitrogens with one attached hydrogen (secondary N) is 1. The molecule has 1 amide bonds. The van der Waals surface area contributed by atoms with Crippen LogP contribution < -0.4 is 5.32 Å². The Labute approximate surface area is 167 Å². The average Bonchev–Trinajstić information content (AvgIpc) is 2.57. The Balaban J connectivity index is 2.28. The summed E-state index contributed by atoms with van der Waals surface area (Å²) in [6.07, 6.45) is 0. The summed E-state index contributed by atoms with van der Waals surface area (Å²) in [5, 5.41) is 3.65. The Hall–Kier alpha value is -1.31. The highest BCUT2D eigenvalue weighted by molar-refractivity contribution is 7.89. The first-order chi connectivity index (χ1) is 12.0. The fourth-order valence-corrected chi connectivity index (χ4v) is 3.88. The Bertz CT molecular complexity index is 946. The molecule has 0 radical (unpaired) electrons. The summed E-state index contributed by atoms with van der Waals surface area (Å²) in [5.74, 6) is -0.435. The van der Waals surface area contributed by atoms with Gasteiger partial charge in [-0.05, 0) is 42.8 Å². The van der Waals surface area contributed by atoms with Crippen LogP contribution in [-0.2, 0) is 10.0 Å². The predicted octanol–water partition coefficient (Wildman–Crippen LogP) is 4.39. The zero-order chi connectivity index (χ0) is 19.6. The van der Waals surface area contributed by atoms with Crippen LogP contribution in [0.5, 0.6) is 0 Å². The lowest BCUT2D eigenvalue weighted by Crippen LogP contribution is -2.27. The van der Waals surface area contributed by atoms with Crippen molar-refractivity contribution in [2.45, 2.75) is 17.9 Å². The molecule has 0 aromatic heterocycles. The van der Waals surface area contributed by atoms with Gasteiger partial charge in [-0.2, -0.15) is 0 Å². The minimum atomic E-state index is -3.77. The minimum absolute atomic E-state index is 0.0489. The Morgan fingerprint density at radius 1 is 1.00 bits per heavy atom. The molecule has 0 saturated carbocycles. The number of benzene rings is 2. The summed E-state index contributed by atoms with van der Waals surface area (Å²) in [4.78, 5) is 12.4. The highest BCUT2D eigenvalue weighted by Gasteiger charge is 2.23. The Kier molecular flexibility index (Phi) is 6.58. The molecule has 0 bridgehead atoms. The van der Waals surface area contributed by atoms with Gasteiger partial charge >= 0.3 is 0 Å². The number of hydrogen-bond acceptors (Lipinski definition) is 3. The topological polar surface area (TPSA) is 66.5 Å². The van der Waals surface area contributed by atoms with Crippen molar-refractivity contribution in [3.05, 3.63) is 62.6 Å². The second-order valence-corrected chi connectivity index (χ2v) is 9.14. The molecule has 2 aromatic carbocycles. The summed E-state index contributed by atoms with van der Waals surface area (Å²) in [5.41, 5.74) is 0.949. The number of halogens is 3. The molecule has 9 heteroatoms. The molecule has 0 spiro atoms. The van der Waals surface area contributed by atoms with Crippen LogP contribution in [0.2, 0.25) is 15.1 Å². The number of hydrogen-bond donors (Lipinski definition) is 1. The van der Waals surface area contributed by atoms with E-state index in [1.807, 2.05) is 0 Å². The largest absolute Gasteiger partial charge is 0.346 e. The number of amides is 1. The number of carbonyl (C=O) groups is 1. The van der Waals surface area contributed by atoms with Gasteiger partial charge in [0, 0.05) is 19.7 Å². The van der Waals surface area contributed by atoms with Crippen molar-refractivity contribution in [1.82, 2.24) is 9.62 Å². The van der Waals surface area contributed by atoms with Crippen LogP contribution in [0.15, 0.2) is 41.3 Å². The van der Waals surface area contributed by atoms with E-state index in [0.717, 1.165) is 9.87 Å². The lowest BCUT2D eigenvalue weighted by molar-refractivity contribution is 0.0939. The van der Waals surface area contributed by atoms with Gasteiger partial charge in [0.25, 0.3) is 5.91 Å². The van der Waals surface area contributed by atoms with Crippen LogP contribution in [0.25, 0.3) is 0 Å². The van der Waals surface area contributed by atoms with E-state index in [4.69, 9.17) is 34.8 Å². The van der Waals surface area contributed by atoms with Gasteiger partial charge in [-0.3, -0.25) is 4.79 Å². The zero-order valence-electron chi connectivity index (χ0n) is 14.3. The molecule has 0 saturated heterocycles. The van der Waals surface area contributed by atoms with Crippen molar-refractivity contribution in [2.24, 2.45) is 0 Å². The van der Waals surface area contributed by atoms with Crippen LogP contribution >= 0.6 is 34.8 Å². The molecule has 2 rings (SSSR count). The summed E-state index contributed by atoms with van der Waals surface area (Å²) >= 11 is 17.9. The Morgan fingerprint density at radius 2 is 1.62 bits per heavy atom. The van der Waals surface area contributed by atoms with E-state index in [1.165, 1.54) is 32.3 Å². The second-order valence-electron chi connectivity index (χ2n) is 5.80.